The highest BCUT2D eigenvalue weighted by molar-refractivity contribution is 9.10. The van der Waals surface area contributed by atoms with Crippen LogP contribution in [0.15, 0.2) is 34.9 Å². The molecule has 0 radical (unpaired) electrons. The molecule has 0 saturated carbocycles. The number of anilines is 2. The lowest BCUT2D eigenvalue weighted by molar-refractivity contribution is 1.14. The number of nitrogens with one attached hydrogen (secondary N) is 1. The Bertz CT molecular complexity index is 589. The zero-order valence-electron chi connectivity index (χ0n) is 9.11. The van der Waals surface area contributed by atoms with Gasteiger partial charge in [0.05, 0.1) is 0 Å². The number of hydrogen-bond donors (Lipinski definition) is 1. The summed E-state index contributed by atoms with van der Waals surface area (Å²) in [6.45, 7) is 2.00. The molecule has 0 amide bonds. The number of halogens is 1. The number of benzene rings is 1. The predicted octanol–water partition coefficient (Wildman–Crippen LogP) is 3.16. The topological polar surface area (TPSA) is 61.6 Å². The summed E-state index contributed by atoms with van der Waals surface area (Å²) in [5.74, 6) is 0.422. The molecular weight excluding hydrogens is 280 g/mol. The molecular formula is C12H9BrN4. The molecule has 0 fully saturated rings. The highest BCUT2D eigenvalue weighted by Crippen LogP contribution is 2.21. The molecule has 5 heteroatoms. The van der Waals surface area contributed by atoms with Gasteiger partial charge in [0, 0.05) is 16.4 Å². The van der Waals surface area contributed by atoms with E-state index in [-0.39, 0.29) is 0 Å². The Morgan fingerprint density at radius 2 is 2.18 bits per heavy atom. The molecule has 0 spiro atoms. The third-order valence-corrected chi connectivity index (χ3v) is 3.07. The molecule has 0 aliphatic carbocycles. The highest BCUT2D eigenvalue weighted by Gasteiger charge is 2.01. The summed E-state index contributed by atoms with van der Waals surface area (Å²) in [6.07, 6.45) is 1.56. The lowest BCUT2D eigenvalue weighted by Gasteiger charge is -2.06. The minimum Gasteiger partial charge on any atom is -0.324 e. The molecule has 84 valence electrons. The zero-order chi connectivity index (χ0) is 12.3. The molecule has 0 aliphatic heterocycles. The van der Waals surface area contributed by atoms with Gasteiger partial charge < -0.3 is 5.32 Å². The molecule has 17 heavy (non-hydrogen) atoms. The first-order valence-electron chi connectivity index (χ1n) is 4.95. The molecule has 1 heterocycles. The highest BCUT2D eigenvalue weighted by atomic mass is 79.9. The Morgan fingerprint density at radius 1 is 1.35 bits per heavy atom. The van der Waals surface area contributed by atoms with E-state index in [1.807, 2.05) is 31.2 Å². The fourth-order valence-corrected chi connectivity index (χ4v) is 1.58. The van der Waals surface area contributed by atoms with Gasteiger partial charge in [0.25, 0.3) is 0 Å². The number of nitriles is 1. The van der Waals surface area contributed by atoms with E-state index in [0.717, 1.165) is 15.7 Å². The van der Waals surface area contributed by atoms with Gasteiger partial charge >= 0.3 is 0 Å². The van der Waals surface area contributed by atoms with E-state index in [9.17, 15) is 0 Å². The third kappa shape index (κ3) is 2.80. The summed E-state index contributed by atoms with van der Waals surface area (Å²) >= 11 is 3.44. The zero-order valence-corrected chi connectivity index (χ0v) is 10.7. The normalized spacial score (nSPS) is 9.71. The second-order valence-electron chi connectivity index (χ2n) is 3.47. The molecule has 1 aromatic carbocycles. The van der Waals surface area contributed by atoms with E-state index >= 15 is 0 Å². The third-order valence-electron chi connectivity index (χ3n) is 2.18. The van der Waals surface area contributed by atoms with E-state index in [1.165, 1.54) is 0 Å². The Morgan fingerprint density at radius 3 is 2.88 bits per heavy atom. The molecule has 0 aliphatic rings. The van der Waals surface area contributed by atoms with Crippen molar-refractivity contribution in [3.05, 3.63) is 46.2 Å². The van der Waals surface area contributed by atoms with Crippen molar-refractivity contribution in [3.8, 4) is 6.07 Å². The molecule has 1 aromatic heterocycles. The minimum absolute atomic E-state index is 0.344. The van der Waals surface area contributed by atoms with Gasteiger partial charge in [-0.1, -0.05) is 15.9 Å². The second kappa shape index (κ2) is 4.93. The fourth-order valence-electron chi connectivity index (χ4n) is 1.33. The summed E-state index contributed by atoms with van der Waals surface area (Å²) < 4.78 is 1.05. The number of nitrogens with zero attached hydrogens (tertiary/aromatic N) is 3. The Hall–Kier alpha value is -1.93. The van der Waals surface area contributed by atoms with Crippen molar-refractivity contribution in [3.63, 3.8) is 0 Å². The van der Waals surface area contributed by atoms with Gasteiger partial charge in [-0.25, -0.2) is 9.97 Å². The standard InChI is InChI=1S/C12H9BrN4/c1-8-6-9(2-3-11(8)13)16-12-15-5-4-10(7-14)17-12/h2-6H,1H3,(H,15,16,17). The first-order chi connectivity index (χ1) is 8.19. The van der Waals surface area contributed by atoms with Crippen molar-refractivity contribution in [2.24, 2.45) is 0 Å². The maximum atomic E-state index is 8.73. The van der Waals surface area contributed by atoms with Gasteiger partial charge in [0.2, 0.25) is 5.95 Å². The monoisotopic (exact) mass is 288 g/mol. The van der Waals surface area contributed by atoms with Crippen LogP contribution in [0, 0.1) is 18.3 Å². The van der Waals surface area contributed by atoms with E-state index in [4.69, 9.17) is 5.26 Å². The van der Waals surface area contributed by atoms with Gasteiger partial charge in [-0.05, 0) is 36.8 Å². The van der Waals surface area contributed by atoms with Crippen LogP contribution in [0.4, 0.5) is 11.6 Å². The molecule has 2 rings (SSSR count). The molecule has 0 unspecified atom stereocenters. The van der Waals surface area contributed by atoms with Crippen LogP contribution < -0.4 is 5.32 Å². The van der Waals surface area contributed by atoms with Crippen LogP contribution >= 0.6 is 15.9 Å². The van der Waals surface area contributed by atoms with Gasteiger partial charge in [0.1, 0.15) is 11.8 Å². The van der Waals surface area contributed by atoms with E-state index in [2.05, 4.69) is 31.2 Å². The minimum atomic E-state index is 0.344. The van der Waals surface area contributed by atoms with Crippen LogP contribution in [0.2, 0.25) is 0 Å². The van der Waals surface area contributed by atoms with Crippen molar-refractivity contribution in [2.45, 2.75) is 6.92 Å². The number of aromatic nitrogens is 2. The van der Waals surface area contributed by atoms with Crippen molar-refractivity contribution < 1.29 is 0 Å². The van der Waals surface area contributed by atoms with Crippen molar-refractivity contribution in [2.75, 3.05) is 5.32 Å². The Kier molecular flexibility index (Phi) is 3.35. The Labute approximate surface area is 107 Å². The fraction of sp³-hybridized carbons (Fsp3) is 0.0833. The van der Waals surface area contributed by atoms with Crippen LogP contribution in [-0.4, -0.2) is 9.97 Å². The van der Waals surface area contributed by atoms with Gasteiger partial charge in [0.15, 0.2) is 0 Å². The molecule has 1 N–H and O–H groups in total. The first kappa shape index (κ1) is 11.6. The van der Waals surface area contributed by atoms with Gasteiger partial charge in [-0.3, -0.25) is 0 Å². The van der Waals surface area contributed by atoms with Crippen LogP contribution in [-0.2, 0) is 0 Å². The summed E-state index contributed by atoms with van der Waals surface area (Å²) in [4.78, 5) is 8.09. The second-order valence-corrected chi connectivity index (χ2v) is 4.32. The average Bonchev–Trinajstić information content (AvgIpc) is 2.34. The Balaban J connectivity index is 2.25. The SMILES string of the molecule is Cc1cc(Nc2nccc(C#N)n2)ccc1Br. The molecule has 0 atom stereocenters. The molecule has 0 saturated heterocycles. The summed E-state index contributed by atoms with van der Waals surface area (Å²) in [5.41, 5.74) is 2.35. The van der Waals surface area contributed by atoms with Crippen LogP contribution in [0.5, 0.6) is 0 Å². The number of rotatable bonds is 2. The van der Waals surface area contributed by atoms with Crippen molar-refractivity contribution >= 4 is 27.6 Å². The first-order valence-corrected chi connectivity index (χ1v) is 5.74. The van der Waals surface area contributed by atoms with Crippen molar-refractivity contribution in [1.82, 2.24) is 9.97 Å². The van der Waals surface area contributed by atoms with Crippen LogP contribution in [0.1, 0.15) is 11.3 Å². The molecule has 0 bridgehead atoms. The molecule has 4 nitrogen and oxygen atoms in total. The lowest BCUT2D eigenvalue weighted by atomic mass is 10.2. The number of aryl methyl sites for hydroxylation is 1. The quantitative estimate of drug-likeness (QED) is 0.922. The average molecular weight is 289 g/mol. The molecule has 2 aromatic rings. The van der Waals surface area contributed by atoms with Crippen LogP contribution in [0.25, 0.3) is 0 Å². The van der Waals surface area contributed by atoms with E-state index < -0.39 is 0 Å². The van der Waals surface area contributed by atoms with Crippen molar-refractivity contribution in [1.29, 1.82) is 5.26 Å². The predicted molar refractivity (Wildman–Crippen MR) is 68.9 cm³/mol. The maximum absolute atomic E-state index is 8.73. The largest absolute Gasteiger partial charge is 0.324 e. The number of hydrogen-bond acceptors (Lipinski definition) is 4. The van der Waals surface area contributed by atoms with Gasteiger partial charge in [-0.15, -0.1) is 0 Å². The van der Waals surface area contributed by atoms with Gasteiger partial charge in [-0.2, -0.15) is 5.26 Å². The lowest BCUT2D eigenvalue weighted by Crippen LogP contribution is -1.98. The van der Waals surface area contributed by atoms with E-state index in [1.54, 1.807) is 12.3 Å². The summed E-state index contributed by atoms with van der Waals surface area (Å²) in [5, 5.41) is 11.8. The van der Waals surface area contributed by atoms with E-state index in [0.29, 0.717) is 11.6 Å². The smallest absolute Gasteiger partial charge is 0.228 e. The maximum Gasteiger partial charge on any atom is 0.228 e. The van der Waals surface area contributed by atoms with Crippen LogP contribution in [0.3, 0.4) is 0 Å². The summed E-state index contributed by atoms with van der Waals surface area (Å²) in [6, 6.07) is 9.39. The summed E-state index contributed by atoms with van der Waals surface area (Å²) in [7, 11) is 0.